The molecule has 4 rings (SSSR count). The molecule has 0 spiro atoms. The zero-order valence-corrected chi connectivity index (χ0v) is 13.4. The Balaban J connectivity index is 1.68. The third-order valence-corrected chi connectivity index (χ3v) is 5.65. The first kappa shape index (κ1) is 14.3. The molecule has 1 aliphatic carbocycles. The lowest BCUT2D eigenvalue weighted by molar-refractivity contribution is 0.0920. The molecule has 22 heavy (non-hydrogen) atoms. The molecule has 0 amide bonds. The Labute approximate surface area is 139 Å². The summed E-state index contributed by atoms with van der Waals surface area (Å²) in [7, 11) is 0. The van der Waals surface area contributed by atoms with Gasteiger partial charge in [0.05, 0.1) is 10.0 Å². The fourth-order valence-corrected chi connectivity index (χ4v) is 4.26. The second kappa shape index (κ2) is 5.38. The molecule has 1 N–H and O–H groups in total. The summed E-state index contributed by atoms with van der Waals surface area (Å²) in [5, 5.41) is 4.39. The highest BCUT2D eigenvalue weighted by molar-refractivity contribution is 6.44. The lowest BCUT2D eigenvalue weighted by Gasteiger charge is -2.17. The molecule has 1 heterocycles. The van der Waals surface area contributed by atoms with Crippen LogP contribution in [0.5, 0.6) is 0 Å². The number of carbonyl (C=O) groups is 1. The molecular formula is C18H15Cl2NO. The third-order valence-electron chi connectivity index (χ3n) is 4.84. The fourth-order valence-electron chi connectivity index (χ4n) is 3.84. The number of Topliss-reactive ketones (excluding diaryl/α,β-unsaturated/α-hetero) is 1. The molecular weight excluding hydrogens is 317 g/mol. The van der Waals surface area contributed by atoms with Crippen LogP contribution in [0.25, 0.3) is 0 Å². The lowest BCUT2D eigenvalue weighted by Crippen LogP contribution is -2.32. The van der Waals surface area contributed by atoms with E-state index in [1.165, 1.54) is 5.56 Å². The smallest absolute Gasteiger partial charge is 0.170 e. The number of carbonyl (C=O) groups excluding carboxylic acids is 1. The third kappa shape index (κ3) is 2.10. The number of rotatable bonds is 2. The quantitative estimate of drug-likeness (QED) is 0.897. The molecule has 2 nitrogen and oxygen atoms in total. The molecule has 0 aromatic heterocycles. The van der Waals surface area contributed by atoms with Gasteiger partial charge in [-0.15, -0.1) is 0 Å². The van der Waals surface area contributed by atoms with E-state index in [0.717, 1.165) is 18.5 Å². The minimum Gasteiger partial charge on any atom is -0.312 e. The predicted octanol–water partition coefficient (Wildman–Crippen LogP) is 4.10. The number of halogens is 2. The van der Waals surface area contributed by atoms with E-state index < -0.39 is 0 Å². The predicted molar refractivity (Wildman–Crippen MR) is 89.0 cm³/mol. The highest BCUT2D eigenvalue weighted by Gasteiger charge is 2.48. The van der Waals surface area contributed by atoms with Crippen LogP contribution < -0.4 is 5.32 Å². The van der Waals surface area contributed by atoms with E-state index in [1.807, 2.05) is 24.3 Å². The molecule has 2 aromatic carbocycles. The van der Waals surface area contributed by atoms with E-state index in [1.54, 1.807) is 6.07 Å². The Hall–Kier alpha value is -1.35. The molecule has 3 atom stereocenters. The van der Waals surface area contributed by atoms with E-state index in [2.05, 4.69) is 17.4 Å². The van der Waals surface area contributed by atoms with Crippen LogP contribution in [0.2, 0.25) is 10.0 Å². The number of nitrogens with one attached hydrogen (secondary N) is 1. The van der Waals surface area contributed by atoms with Crippen molar-refractivity contribution in [2.45, 2.75) is 18.4 Å². The summed E-state index contributed by atoms with van der Waals surface area (Å²) in [5.41, 5.74) is 2.93. The molecule has 0 radical (unpaired) electrons. The second-order valence-corrected chi connectivity index (χ2v) is 6.81. The Morgan fingerprint density at radius 2 is 1.86 bits per heavy atom. The molecule has 1 aliphatic heterocycles. The Morgan fingerprint density at radius 3 is 2.64 bits per heavy atom. The number of benzene rings is 2. The normalized spacial score (nSPS) is 26.1. The number of hydrogen-bond acceptors (Lipinski definition) is 2. The Kier molecular flexibility index (Phi) is 3.48. The first-order valence-electron chi connectivity index (χ1n) is 7.46. The summed E-state index contributed by atoms with van der Waals surface area (Å²) in [6.45, 7) is 0.818. The number of fused-ring (bicyclic) bond motifs is 3. The van der Waals surface area contributed by atoms with Gasteiger partial charge in [0.15, 0.2) is 5.78 Å². The van der Waals surface area contributed by atoms with E-state index in [0.29, 0.717) is 15.6 Å². The zero-order valence-electron chi connectivity index (χ0n) is 11.9. The van der Waals surface area contributed by atoms with E-state index in [9.17, 15) is 4.79 Å². The standard InChI is InChI=1S/C18H15Cl2NO/c19-13-7-6-11-12-9-21-14(8-10-4-2-1-3-5-10)15(12)18(22)16(11)17(13)20/h1-7,12,14-15,21H,8-9H2. The van der Waals surface area contributed by atoms with E-state index in [4.69, 9.17) is 23.2 Å². The monoisotopic (exact) mass is 331 g/mol. The zero-order chi connectivity index (χ0) is 15.3. The van der Waals surface area contributed by atoms with Crippen molar-refractivity contribution in [3.63, 3.8) is 0 Å². The van der Waals surface area contributed by atoms with Crippen LogP contribution in [0.4, 0.5) is 0 Å². The van der Waals surface area contributed by atoms with Gasteiger partial charge in [0.1, 0.15) is 0 Å². The van der Waals surface area contributed by atoms with Gasteiger partial charge >= 0.3 is 0 Å². The number of hydrogen-bond donors (Lipinski definition) is 1. The maximum Gasteiger partial charge on any atom is 0.170 e. The van der Waals surface area contributed by atoms with Crippen LogP contribution in [0.3, 0.4) is 0 Å². The summed E-state index contributed by atoms with van der Waals surface area (Å²) in [6, 6.07) is 14.2. The van der Waals surface area contributed by atoms with Gasteiger partial charge in [-0.2, -0.15) is 0 Å². The molecule has 2 aliphatic rings. The lowest BCUT2D eigenvalue weighted by atomic mass is 9.88. The minimum absolute atomic E-state index is 0.0360. The van der Waals surface area contributed by atoms with Gasteiger partial charge in [-0.25, -0.2) is 0 Å². The van der Waals surface area contributed by atoms with Crippen LogP contribution in [-0.2, 0) is 6.42 Å². The average Bonchev–Trinajstić information content (AvgIpc) is 3.05. The highest BCUT2D eigenvalue weighted by Crippen LogP contribution is 2.47. The van der Waals surface area contributed by atoms with Crippen molar-refractivity contribution in [3.05, 3.63) is 69.2 Å². The van der Waals surface area contributed by atoms with Gasteiger partial charge < -0.3 is 5.32 Å². The van der Waals surface area contributed by atoms with Gasteiger partial charge in [0.25, 0.3) is 0 Å². The second-order valence-electron chi connectivity index (χ2n) is 6.03. The minimum atomic E-state index is -0.0360. The van der Waals surface area contributed by atoms with Crippen molar-refractivity contribution in [2.75, 3.05) is 6.54 Å². The molecule has 4 heteroatoms. The van der Waals surface area contributed by atoms with Crippen molar-refractivity contribution >= 4 is 29.0 Å². The van der Waals surface area contributed by atoms with Gasteiger partial charge in [0, 0.05) is 30.0 Å². The van der Waals surface area contributed by atoms with Gasteiger partial charge in [0.2, 0.25) is 0 Å². The van der Waals surface area contributed by atoms with Crippen LogP contribution in [-0.4, -0.2) is 18.4 Å². The van der Waals surface area contributed by atoms with Crippen LogP contribution in [0.15, 0.2) is 42.5 Å². The Morgan fingerprint density at radius 1 is 1.09 bits per heavy atom. The molecule has 1 fully saturated rings. The van der Waals surface area contributed by atoms with Crippen LogP contribution in [0.1, 0.15) is 27.4 Å². The summed E-state index contributed by atoms with van der Waals surface area (Å²) < 4.78 is 0. The molecule has 3 unspecified atom stereocenters. The van der Waals surface area contributed by atoms with E-state index in [-0.39, 0.29) is 23.7 Å². The van der Waals surface area contributed by atoms with Crippen LogP contribution >= 0.6 is 23.2 Å². The van der Waals surface area contributed by atoms with Crippen LogP contribution in [0, 0.1) is 5.92 Å². The highest BCUT2D eigenvalue weighted by atomic mass is 35.5. The number of ketones is 1. The summed E-state index contributed by atoms with van der Waals surface area (Å²) in [5.74, 6) is 0.315. The van der Waals surface area contributed by atoms with Crippen molar-refractivity contribution in [2.24, 2.45) is 5.92 Å². The Bertz CT molecular complexity index is 744. The van der Waals surface area contributed by atoms with Crippen molar-refractivity contribution < 1.29 is 4.79 Å². The van der Waals surface area contributed by atoms with Gasteiger partial charge in [-0.1, -0.05) is 59.6 Å². The van der Waals surface area contributed by atoms with Gasteiger partial charge in [-0.05, 0) is 23.6 Å². The largest absolute Gasteiger partial charge is 0.312 e. The first-order chi connectivity index (χ1) is 10.7. The fraction of sp³-hybridized carbons (Fsp3) is 0.278. The average molecular weight is 332 g/mol. The molecule has 1 saturated heterocycles. The topological polar surface area (TPSA) is 29.1 Å². The van der Waals surface area contributed by atoms with E-state index >= 15 is 0 Å². The van der Waals surface area contributed by atoms with Crippen molar-refractivity contribution in [3.8, 4) is 0 Å². The summed E-state index contributed by atoms with van der Waals surface area (Å²) in [4.78, 5) is 12.9. The summed E-state index contributed by atoms with van der Waals surface area (Å²) >= 11 is 12.4. The SMILES string of the molecule is O=C1c2c(ccc(Cl)c2Cl)C2CNC(Cc3ccccc3)C12. The molecule has 0 saturated carbocycles. The van der Waals surface area contributed by atoms with Gasteiger partial charge in [-0.3, -0.25) is 4.79 Å². The summed E-state index contributed by atoms with van der Waals surface area (Å²) in [6.07, 6.45) is 0.854. The maximum absolute atomic E-state index is 12.9. The molecule has 0 bridgehead atoms. The molecule has 112 valence electrons. The van der Waals surface area contributed by atoms with Crippen molar-refractivity contribution in [1.29, 1.82) is 0 Å². The molecule has 2 aromatic rings. The van der Waals surface area contributed by atoms with Crippen molar-refractivity contribution in [1.82, 2.24) is 5.32 Å². The maximum atomic E-state index is 12.9. The first-order valence-corrected chi connectivity index (χ1v) is 8.22.